The lowest BCUT2D eigenvalue weighted by atomic mass is 9.72. The molecule has 2 heterocycles. The van der Waals surface area contributed by atoms with Gasteiger partial charge in [0.15, 0.2) is 0 Å². The number of hydrogen-bond acceptors (Lipinski definition) is 7. The first-order valence-corrected chi connectivity index (χ1v) is 13.5. The van der Waals surface area contributed by atoms with Gasteiger partial charge in [-0.15, -0.1) is 11.3 Å². The van der Waals surface area contributed by atoms with Crippen LogP contribution in [0, 0.1) is 36.0 Å². The van der Waals surface area contributed by atoms with Crippen LogP contribution in [0.1, 0.15) is 77.9 Å². The van der Waals surface area contributed by atoms with Crippen LogP contribution in [0.3, 0.4) is 0 Å². The molecule has 2 N–H and O–H groups in total. The summed E-state index contributed by atoms with van der Waals surface area (Å²) in [6.07, 6.45) is 3.83. The van der Waals surface area contributed by atoms with E-state index in [1.165, 1.54) is 5.57 Å². The fourth-order valence-corrected chi connectivity index (χ4v) is 5.86. The van der Waals surface area contributed by atoms with Crippen LogP contribution in [0.2, 0.25) is 0 Å². The zero-order valence-corrected chi connectivity index (χ0v) is 22.9. The smallest absolute Gasteiger partial charge is 0.309 e. The van der Waals surface area contributed by atoms with Gasteiger partial charge in [0.05, 0.1) is 34.7 Å². The average molecular weight is 504 g/mol. The fourth-order valence-electron chi connectivity index (χ4n) is 5.29. The lowest BCUT2D eigenvalue weighted by Gasteiger charge is -2.34. The molecule has 2 aliphatic rings. The lowest BCUT2D eigenvalue weighted by molar-refractivity contribution is -0.154. The predicted octanol–water partition coefficient (Wildman–Crippen LogP) is 5.12. The summed E-state index contributed by atoms with van der Waals surface area (Å²) in [6.45, 7) is 13.0. The second kappa shape index (κ2) is 11.1. The molecule has 1 aliphatic carbocycles. The molecular formula is C28H41NO5S. The predicted molar refractivity (Wildman–Crippen MR) is 139 cm³/mol. The molecule has 1 fully saturated rings. The van der Waals surface area contributed by atoms with Crippen molar-refractivity contribution in [3.63, 3.8) is 0 Å². The summed E-state index contributed by atoms with van der Waals surface area (Å²) < 4.78 is 5.84. The summed E-state index contributed by atoms with van der Waals surface area (Å²) in [5.41, 5.74) is 1.76. The third-order valence-corrected chi connectivity index (χ3v) is 8.80. The van der Waals surface area contributed by atoms with E-state index >= 15 is 0 Å². The Hall–Kier alpha value is -1.83. The maximum absolute atomic E-state index is 13.3. The molecule has 1 aliphatic heterocycles. The van der Waals surface area contributed by atoms with Crippen LogP contribution < -0.4 is 0 Å². The van der Waals surface area contributed by atoms with Crippen LogP contribution in [0.4, 0.5) is 0 Å². The molecule has 0 saturated heterocycles. The van der Waals surface area contributed by atoms with E-state index in [1.54, 1.807) is 32.1 Å². The highest BCUT2D eigenvalue weighted by Gasteiger charge is 2.47. The molecule has 1 aromatic heterocycles. The summed E-state index contributed by atoms with van der Waals surface area (Å²) in [5, 5.41) is 24.8. The minimum atomic E-state index is -1.21. The second-order valence-electron chi connectivity index (χ2n) is 11.3. The van der Waals surface area contributed by atoms with Crippen LogP contribution in [-0.2, 0) is 14.3 Å². The van der Waals surface area contributed by atoms with Gasteiger partial charge in [0.1, 0.15) is 11.9 Å². The van der Waals surface area contributed by atoms with E-state index in [0.717, 1.165) is 29.1 Å². The van der Waals surface area contributed by atoms with E-state index in [4.69, 9.17) is 4.74 Å². The first-order valence-electron chi connectivity index (χ1n) is 12.7. The number of thiazole rings is 1. The Morgan fingerprint density at radius 3 is 2.51 bits per heavy atom. The molecule has 6 nitrogen and oxygen atoms in total. The lowest BCUT2D eigenvalue weighted by Crippen LogP contribution is -2.46. The number of allylic oxidation sites excluding steroid dienone is 1. The molecule has 0 aromatic carbocycles. The molecule has 1 saturated carbocycles. The zero-order valence-electron chi connectivity index (χ0n) is 22.1. The third kappa shape index (κ3) is 6.69. The highest BCUT2D eigenvalue weighted by Crippen LogP contribution is 2.50. The summed E-state index contributed by atoms with van der Waals surface area (Å²) in [4.78, 5) is 30.7. The molecule has 35 heavy (non-hydrogen) atoms. The van der Waals surface area contributed by atoms with Gasteiger partial charge in [-0.25, -0.2) is 4.98 Å². The van der Waals surface area contributed by atoms with Gasteiger partial charge in [-0.1, -0.05) is 39.3 Å². The molecule has 3 rings (SSSR count). The van der Waals surface area contributed by atoms with E-state index < -0.39 is 35.6 Å². The zero-order chi connectivity index (χ0) is 26.1. The maximum atomic E-state index is 13.3. The number of nitrogens with zero attached hydrogens (tertiary/aromatic N) is 1. The minimum absolute atomic E-state index is 0.00272. The Labute approximate surface area is 213 Å². The van der Waals surface area contributed by atoms with E-state index in [1.807, 2.05) is 32.2 Å². The second-order valence-corrected chi connectivity index (χ2v) is 12.3. The number of ether oxygens (including phenoxy) is 1. The highest BCUT2D eigenvalue weighted by atomic mass is 32.1. The quantitative estimate of drug-likeness (QED) is 0.429. The molecule has 0 radical (unpaired) electrons. The summed E-state index contributed by atoms with van der Waals surface area (Å²) in [7, 11) is 0. The van der Waals surface area contributed by atoms with Crippen LogP contribution in [-0.4, -0.2) is 45.3 Å². The van der Waals surface area contributed by atoms with Crippen molar-refractivity contribution in [1.29, 1.82) is 0 Å². The number of cyclic esters (lactones) is 1. The Kier molecular flexibility index (Phi) is 8.77. The van der Waals surface area contributed by atoms with Crippen LogP contribution >= 0.6 is 11.3 Å². The average Bonchev–Trinajstić information content (AvgIpc) is 3.43. The Balaban J connectivity index is 1.89. The van der Waals surface area contributed by atoms with Gasteiger partial charge < -0.3 is 14.9 Å². The number of ketones is 1. The number of rotatable bonds is 2. The van der Waals surface area contributed by atoms with Gasteiger partial charge in [0, 0.05) is 17.7 Å². The molecule has 1 aromatic rings. The SMILES string of the molecule is CC1=CC[C@@H](C(C)=Cc2csc(C)n2)OC(=O)C[C@H](O)C(C)(C)C(=O)[C@H](C)[C@@H](O)[C@@H](C)[C@H]2C[C@@H]2C1. The van der Waals surface area contributed by atoms with Crippen molar-refractivity contribution in [3.8, 4) is 0 Å². The van der Waals surface area contributed by atoms with Crippen LogP contribution in [0.25, 0.3) is 6.08 Å². The van der Waals surface area contributed by atoms with Gasteiger partial charge in [0.25, 0.3) is 0 Å². The number of Topliss-reactive ketones (excluding diaryl/α,β-unsaturated/α-hetero) is 1. The number of aryl methyl sites for hydroxylation is 1. The normalized spacial score (nSPS) is 35.2. The number of aromatic nitrogens is 1. The van der Waals surface area contributed by atoms with Crippen molar-refractivity contribution in [3.05, 3.63) is 33.3 Å². The van der Waals surface area contributed by atoms with Crippen molar-refractivity contribution in [1.82, 2.24) is 4.98 Å². The topological polar surface area (TPSA) is 96.7 Å². The number of aliphatic hydroxyl groups excluding tert-OH is 2. The van der Waals surface area contributed by atoms with E-state index in [-0.39, 0.29) is 18.1 Å². The summed E-state index contributed by atoms with van der Waals surface area (Å²) >= 11 is 1.57. The van der Waals surface area contributed by atoms with Gasteiger partial charge >= 0.3 is 5.97 Å². The number of esters is 1. The number of carbonyl (C=O) groups is 2. The van der Waals surface area contributed by atoms with Crippen LogP contribution in [0.5, 0.6) is 0 Å². The molecule has 0 bridgehead atoms. The fraction of sp³-hybridized carbons (Fsp3) is 0.679. The Morgan fingerprint density at radius 2 is 1.89 bits per heavy atom. The first kappa shape index (κ1) is 27.8. The van der Waals surface area contributed by atoms with Gasteiger partial charge in [-0.3, -0.25) is 9.59 Å². The molecule has 7 atom stereocenters. The first-order chi connectivity index (χ1) is 16.3. The summed E-state index contributed by atoms with van der Waals surface area (Å²) in [6, 6.07) is 0. The Morgan fingerprint density at radius 1 is 1.20 bits per heavy atom. The van der Waals surface area contributed by atoms with E-state index in [9.17, 15) is 19.8 Å². The summed E-state index contributed by atoms with van der Waals surface area (Å²) in [5.74, 6) is -0.544. The minimum Gasteiger partial charge on any atom is -0.457 e. The van der Waals surface area contributed by atoms with Crippen molar-refractivity contribution in [2.24, 2.45) is 29.1 Å². The van der Waals surface area contributed by atoms with Gasteiger partial charge in [-0.2, -0.15) is 0 Å². The van der Waals surface area contributed by atoms with Gasteiger partial charge in [0.2, 0.25) is 0 Å². The van der Waals surface area contributed by atoms with Crippen molar-refractivity contribution >= 4 is 29.2 Å². The third-order valence-electron chi connectivity index (χ3n) is 8.00. The number of aliphatic hydroxyl groups is 2. The Bertz CT molecular complexity index is 993. The van der Waals surface area contributed by atoms with Gasteiger partial charge in [-0.05, 0) is 63.0 Å². The molecular weight excluding hydrogens is 462 g/mol. The molecule has 7 heteroatoms. The molecule has 0 unspecified atom stereocenters. The van der Waals surface area contributed by atoms with Crippen molar-refractivity contribution < 1.29 is 24.5 Å². The largest absolute Gasteiger partial charge is 0.457 e. The van der Waals surface area contributed by atoms with E-state index in [0.29, 0.717) is 18.3 Å². The van der Waals surface area contributed by atoms with Crippen molar-refractivity contribution in [2.45, 2.75) is 92.5 Å². The number of fused-ring (bicyclic) bond motifs is 1. The van der Waals surface area contributed by atoms with Crippen molar-refractivity contribution in [2.75, 3.05) is 0 Å². The monoisotopic (exact) mass is 503 g/mol. The molecule has 194 valence electrons. The standard InChI is InChI=1S/C28H41NO5S/c1-15-8-9-23(16(2)11-21-14-35-19(5)29-21)34-25(31)13-24(30)28(6,7)27(33)18(4)26(32)17(3)22-12-20(22)10-15/h8,11,14,17-18,20,22-24,26,30,32H,9-10,12-13H2,1-7H3/t17-,18+,20-,22+,23-,24-,26-/m0/s1. The molecule has 0 spiro atoms. The number of hydrogen-bond donors (Lipinski definition) is 2. The highest BCUT2D eigenvalue weighted by molar-refractivity contribution is 7.09. The maximum Gasteiger partial charge on any atom is 0.309 e. The molecule has 0 amide bonds. The van der Waals surface area contributed by atoms with Crippen LogP contribution in [0.15, 0.2) is 22.6 Å². The number of carbonyl (C=O) groups excluding carboxylic acids is 2. The van der Waals surface area contributed by atoms with E-state index in [2.05, 4.69) is 18.0 Å².